The van der Waals surface area contributed by atoms with E-state index in [0.717, 1.165) is 0 Å². The van der Waals surface area contributed by atoms with Crippen molar-refractivity contribution in [2.45, 2.75) is 30.4 Å². The van der Waals surface area contributed by atoms with Crippen molar-refractivity contribution in [3.05, 3.63) is 60.4 Å². The molecule has 0 saturated carbocycles. The first-order valence-corrected chi connectivity index (χ1v) is 9.91. The van der Waals surface area contributed by atoms with Gasteiger partial charge < -0.3 is 0 Å². The molecule has 1 atom stereocenters. The van der Waals surface area contributed by atoms with Gasteiger partial charge in [-0.3, -0.25) is 0 Å². The Morgan fingerprint density at radius 1 is 1.07 bits per heavy atom. The predicted octanol–water partition coefficient (Wildman–Crippen LogP) is 3.94. The third kappa shape index (κ3) is 6.65. The van der Waals surface area contributed by atoms with Crippen molar-refractivity contribution in [3.63, 3.8) is 0 Å². The number of nitrogens with one attached hydrogen (secondary N) is 1. The average molecular weight is 448 g/mol. The monoisotopic (exact) mass is 449 g/mol. The zero-order valence-electron chi connectivity index (χ0n) is 14.7. The van der Waals surface area contributed by atoms with Gasteiger partial charge in [-0.25, -0.2) is 0 Å². The van der Waals surface area contributed by atoms with Crippen LogP contribution in [0.2, 0.25) is 4.82 Å². The van der Waals surface area contributed by atoms with Crippen molar-refractivity contribution in [1.82, 2.24) is 0 Å². The number of para-hydroxylation sites is 1. The Balaban J connectivity index is 2.26. The Bertz CT molecular complexity index is 766. The Kier molecular flexibility index (Phi) is 7.03. The van der Waals surface area contributed by atoms with Crippen molar-refractivity contribution in [2.75, 3.05) is 11.9 Å². The standard InChI is InChI=1S/C19H19F4NO2Se/c1-18(2,26-12-19(21,22)23)16(27-15-11-7-6-10-14(15)20)17(25)24-13-8-4-3-5-9-13/h3-11,16H,12H2,1-2H3,(H,24,25). The number of rotatable bonds is 7. The van der Waals surface area contributed by atoms with Crippen LogP contribution in [0, 0.1) is 5.82 Å². The molecule has 27 heavy (non-hydrogen) atoms. The van der Waals surface area contributed by atoms with Crippen LogP contribution in [0.3, 0.4) is 0 Å². The molecule has 0 aromatic heterocycles. The molecule has 0 heterocycles. The summed E-state index contributed by atoms with van der Waals surface area (Å²) in [5.74, 6) is -1.02. The molecule has 1 N–H and O–H groups in total. The molecule has 2 aromatic carbocycles. The van der Waals surface area contributed by atoms with Crippen LogP contribution in [0.4, 0.5) is 23.2 Å². The molecule has 0 aliphatic rings. The zero-order chi connectivity index (χ0) is 20.1. The number of carbonyl (C=O) groups is 1. The molecule has 1 unspecified atom stereocenters. The van der Waals surface area contributed by atoms with Crippen molar-refractivity contribution in [3.8, 4) is 0 Å². The van der Waals surface area contributed by atoms with E-state index in [0.29, 0.717) is 10.1 Å². The van der Waals surface area contributed by atoms with Crippen LogP contribution in [0.15, 0.2) is 54.6 Å². The van der Waals surface area contributed by atoms with Crippen molar-refractivity contribution in [1.29, 1.82) is 0 Å². The topological polar surface area (TPSA) is 38.3 Å². The molecule has 1 amide bonds. The summed E-state index contributed by atoms with van der Waals surface area (Å²) < 4.78 is 57.2. The number of halogens is 4. The molecule has 3 nitrogen and oxygen atoms in total. The van der Waals surface area contributed by atoms with Crippen LogP contribution >= 0.6 is 0 Å². The molecule has 2 rings (SSSR count). The van der Waals surface area contributed by atoms with Gasteiger partial charge in [0.05, 0.1) is 0 Å². The molecule has 0 bridgehead atoms. The molecule has 0 aliphatic carbocycles. The van der Waals surface area contributed by atoms with Gasteiger partial charge in [0.1, 0.15) is 0 Å². The summed E-state index contributed by atoms with van der Waals surface area (Å²) in [6, 6.07) is 14.5. The van der Waals surface area contributed by atoms with Gasteiger partial charge in [-0.1, -0.05) is 0 Å². The van der Waals surface area contributed by atoms with Gasteiger partial charge in [0.15, 0.2) is 0 Å². The fourth-order valence-corrected chi connectivity index (χ4v) is 4.58. The van der Waals surface area contributed by atoms with Crippen LogP contribution in [-0.2, 0) is 9.53 Å². The van der Waals surface area contributed by atoms with E-state index in [4.69, 9.17) is 4.74 Å². The maximum atomic E-state index is 14.1. The second kappa shape index (κ2) is 8.87. The van der Waals surface area contributed by atoms with Crippen molar-refractivity contribution >= 4 is 31.0 Å². The summed E-state index contributed by atoms with van der Waals surface area (Å²) in [5.41, 5.74) is -0.945. The molecule has 8 heteroatoms. The average Bonchev–Trinajstić information content (AvgIpc) is 2.59. The van der Waals surface area contributed by atoms with E-state index < -0.39 is 49.9 Å². The van der Waals surface area contributed by atoms with E-state index in [2.05, 4.69) is 5.32 Å². The first kappa shape index (κ1) is 21.4. The van der Waals surface area contributed by atoms with Crippen LogP contribution in [-0.4, -0.2) is 39.2 Å². The molecule has 0 aliphatic heterocycles. The van der Waals surface area contributed by atoms with Gasteiger partial charge >= 0.3 is 161 Å². The first-order valence-electron chi connectivity index (χ1n) is 8.06. The molecular weight excluding hydrogens is 429 g/mol. The van der Waals surface area contributed by atoms with E-state index in [1.165, 1.54) is 32.0 Å². The summed E-state index contributed by atoms with van der Waals surface area (Å²) in [4.78, 5) is 11.8. The number of carbonyl (C=O) groups excluding carboxylic acids is 1. The van der Waals surface area contributed by atoms with Gasteiger partial charge in [-0.05, 0) is 0 Å². The maximum absolute atomic E-state index is 14.1. The third-order valence-corrected chi connectivity index (χ3v) is 6.96. The quantitative estimate of drug-likeness (QED) is 0.515. The van der Waals surface area contributed by atoms with Gasteiger partial charge in [-0.2, -0.15) is 0 Å². The molecule has 146 valence electrons. The Morgan fingerprint density at radius 2 is 1.67 bits per heavy atom. The van der Waals surface area contributed by atoms with Crippen molar-refractivity contribution in [2.24, 2.45) is 0 Å². The van der Waals surface area contributed by atoms with Crippen LogP contribution < -0.4 is 9.78 Å². The second-order valence-electron chi connectivity index (χ2n) is 6.29. The SMILES string of the molecule is CC(C)(OCC(F)(F)F)C([Se]c1ccccc1F)C(=O)Nc1ccccc1. The zero-order valence-corrected chi connectivity index (χ0v) is 16.4. The van der Waals surface area contributed by atoms with Gasteiger partial charge in [-0.15, -0.1) is 0 Å². The number of amides is 1. The summed E-state index contributed by atoms with van der Waals surface area (Å²) in [5, 5.41) is 2.68. The Hall–Kier alpha value is -1.89. The molecule has 0 radical (unpaired) electrons. The minimum absolute atomic E-state index is 0.293. The first-order chi connectivity index (χ1) is 12.6. The van der Waals surface area contributed by atoms with Gasteiger partial charge in [0.2, 0.25) is 0 Å². The Labute approximate surface area is 161 Å². The number of hydrogen-bond donors (Lipinski definition) is 1. The van der Waals surface area contributed by atoms with Gasteiger partial charge in [0.25, 0.3) is 0 Å². The number of anilines is 1. The van der Waals surface area contributed by atoms with E-state index >= 15 is 0 Å². The van der Waals surface area contributed by atoms with E-state index in [9.17, 15) is 22.4 Å². The fraction of sp³-hybridized carbons (Fsp3) is 0.316. The number of hydrogen-bond acceptors (Lipinski definition) is 2. The number of ether oxygens (including phenoxy) is 1. The van der Waals surface area contributed by atoms with Crippen molar-refractivity contribution < 1.29 is 27.1 Å². The third-order valence-electron chi connectivity index (χ3n) is 3.60. The van der Waals surface area contributed by atoms with E-state index in [1.54, 1.807) is 36.4 Å². The summed E-state index contributed by atoms with van der Waals surface area (Å²) in [7, 11) is 0. The second-order valence-corrected chi connectivity index (χ2v) is 8.70. The van der Waals surface area contributed by atoms with E-state index in [1.807, 2.05) is 0 Å². The summed E-state index contributed by atoms with van der Waals surface area (Å²) >= 11 is -0.792. The number of benzene rings is 2. The minimum atomic E-state index is -4.53. The van der Waals surface area contributed by atoms with Crippen LogP contribution in [0.25, 0.3) is 0 Å². The van der Waals surface area contributed by atoms with Crippen LogP contribution in [0.5, 0.6) is 0 Å². The molecule has 0 spiro atoms. The predicted molar refractivity (Wildman–Crippen MR) is 96.7 cm³/mol. The molecule has 0 saturated heterocycles. The van der Waals surface area contributed by atoms with Crippen LogP contribution in [0.1, 0.15) is 13.8 Å². The summed E-state index contributed by atoms with van der Waals surface area (Å²) in [6.45, 7) is 1.34. The normalized spacial score (nSPS) is 13.3. The Morgan fingerprint density at radius 3 is 2.26 bits per heavy atom. The summed E-state index contributed by atoms with van der Waals surface area (Å²) in [6.07, 6.45) is -4.53. The number of alkyl halides is 3. The van der Waals surface area contributed by atoms with E-state index in [-0.39, 0.29) is 0 Å². The molecular formula is C19H19F4NO2Se. The molecule has 2 aromatic rings. The fourth-order valence-electron chi connectivity index (χ4n) is 2.25. The van der Waals surface area contributed by atoms with Gasteiger partial charge in [0, 0.05) is 0 Å². The molecule has 0 fully saturated rings.